The maximum atomic E-state index is 10.0. The highest BCUT2D eigenvalue weighted by Gasteiger charge is 2.01. The molecule has 0 aliphatic rings. The van der Waals surface area contributed by atoms with Crippen LogP contribution in [0.15, 0.2) is 18.2 Å². The van der Waals surface area contributed by atoms with Crippen LogP contribution >= 0.6 is 0 Å². The molecule has 0 saturated carbocycles. The fourth-order valence-electron chi connectivity index (χ4n) is 0.646. The van der Waals surface area contributed by atoms with Crippen LogP contribution in [0.1, 0.15) is 0 Å². The molecule has 0 radical (unpaired) electrons. The Morgan fingerprint density at radius 3 is 2.33 bits per heavy atom. The fourth-order valence-corrected chi connectivity index (χ4v) is 0.932. The maximum Gasteiger partial charge on any atom is 0.299 e. The van der Waals surface area contributed by atoms with Crippen LogP contribution < -0.4 is 4.18 Å². The van der Waals surface area contributed by atoms with E-state index in [-0.39, 0.29) is 11.5 Å². The van der Waals surface area contributed by atoms with E-state index in [1.807, 2.05) is 0 Å². The molecule has 0 aliphatic heterocycles. The molecule has 6 heteroatoms. The van der Waals surface area contributed by atoms with Crippen molar-refractivity contribution < 1.29 is 22.8 Å². The summed E-state index contributed by atoms with van der Waals surface area (Å²) in [6.45, 7) is 0. The van der Waals surface area contributed by atoms with E-state index in [4.69, 9.17) is 10.2 Å². The lowest BCUT2D eigenvalue weighted by atomic mass is 10.3. The molecule has 0 aromatic heterocycles. The average Bonchev–Trinajstić information content (AvgIpc) is 1.96. The van der Waals surface area contributed by atoms with Gasteiger partial charge in [0.2, 0.25) is 0 Å². The van der Waals surface area contributed by atoms with E-state index < -0.39 is 16.7 Å². The van der Waals surface area contributed by atoms with Gasteiger partial charge in [0, 0.05) is 6.07 Å². The van der Waals surface area contributed by atoms with E-state index in [9.17, 15) is 8.42 Å². The molecular weight excluding hydrogens is 184 g/mol. The summed E-state index contributed by atoms with van der Waals surface area (Å²) >= 11 is 0. The Labute approximate surface area is 70.0 Å². The Bertz CT molecular complexity index is 349. The first kappa shape index (κ1) is 8.66. The van der Waals surface area contributed by atoms with Crippen molar-refractivity contribution in [2.75, 3.05) is 0 Å². The standard InChI is InChI=1S/C6H6O5S/c7-5-2-1-4(3-6(5)8)11-12(9)10/h1-3,7-8,12H. The number of hydrogen-bond acceptors (Lipinski definition) is 5. The summed E-state index contributed by atoms with van der Waals surface area (Å²) in [6, 6.07) is 3.35. The lowest BCUT2D eigenvalue weighted by molar-refractivity contribution is 0.401. The molecule has 2 N–H and O–H groups in total. The van der Waals surface area contributed by atoms with E-state index in [0.717, 1.165) is 12.1 Å². The SMILES string of the molecule is O=[SH](=O)Oc1ccc(O)c(O)c1. The summed E-state index contributed by atoms with van der Waals surface area (Å²) in [5, 5.41) is 17.7. The zero-order chi connectivity index (χ0) is 9.14. The molecule has 12 heavy (non-hydrogen) atoms. The predicted molar refractivity (Wildman–Crippen MR) is 40.7 cm³/mol. The van der Waals surface area contributed by atoms with Gasteiger partial charge in [-0.15, -0.1) is 0 Å². The Balaban J connectivity index is 2.97. The molecule has 0 heterocycles. The van der Waals surface area contributed by atoms with Gasteiger partial charge < -0.3 is 14.4 Å². The number of hydrogen-bond donors (Lipinski definition) is 3. The van der Waals surface area contributed by atoms with Crippen LogP contribution in [0.25, 0.3) is 0 Å². The van der Waals surface area contributed by atoms with Crippen molar-refractivity contribution in [3.63, 3.8) is 0 Å². The molecule has 1 rings (SSSR count). The van der Waals surface area contributed by atoms with Crippen molar-refractivity contribution in [1.29, 1.82) is 0 Å². The van der Waals surface area contributed by atoms with Gasteiger partial charge in [-0.2, -0.15) is 8.42 Å². The minimum Gasteiger partial charge on any atom is -0.504 e. The highest BCUT2D eigenvalue weighted by atomic mass is 32.2. The van der Waals surface area contributed by atoms with Crippen molar-refractivity contribution in [2.45, 2.75) is 0 Å². The van der Waals surface area contributed by atoms with Crippen LogP contribution in [0, 0.1) is 0 Å². The molecule has 1 aromatic rings. The molecule has 66 valence electrons. The van der Waals surface area contributed by atoms with Gasteiger partial charge in [0.1, 0.15) is 5.75 Å². The average molecular weight is 190 g/mol. The Morgan fingerprint density at radius 2 is 1.83 bits per heavy atom. The minimum atomic E-state index is -2.99. The first-order valence-electron chi connectivity index (χ1n) is 2.94. The number of rotatable bonds is 2. The lowest BCUT2D eigenvalue weighted by Gasteiger charge is -1.99. The molecule has 0 amide bonds. The van der Waals surface area contributed by atoms with Gasteiger partial charge in [0.25, 0.3) is 11.0 Å². The Morgan fingerprint density at radius 1 is 1.17 bits per heavy atom. The van der Waals surface area contributed by atoms with Gasteiger partial charge in [0.05, 0.1) is 0 Å². The molecule has 0 atom stereocenters. The molecular formula is C6H6O5S. The lowest BCUT2D eigenvalue weighted by Crippen LogP contribution is -1.88. The third kappa shape index (κ3) is 2.03. The number of phenolic OH excluding ortho intramolecular Hbond substituents is 2. The normalized spacial score (nSPS) is 10.1. The number of benzene rings is 1. The highest BCUT2D eigenvalue weighted by Crippen LogP contribution is 2.28. The van der Waals surface area contributed by atoms with Crippen molar-refractivity contribution in [3.8, 4) is 17.2 Å². The number of phenols is 2. The summed E-state index contributed by atoms with van der Waals surface area (Å²) in [6.07, 6.45) is 0. The van der Waals surface area contributed by atoms with Crippen LogP contribution in [-0.4, -0.2) is 18.6 Å². The quantitative estimate of drug-likeness (QED) is 0.451. The molecule has 0 unspecified atom stereocenters. The summed E-state index contributed by atoms with van der Waals surface area (Å²) in [4.78, 5) is 0. The number of thiol groups is 1. The predicted octanol–water partition coefficient (Wildman–Crippen LogP) is 0.00300. The largest absolute Gasteiger partial charge is 0.504 e. The summed E-state index contributed by atoms with van der Waals surface area (Å²) < 4.78 is 24.3. The molecule has 5 nitrogen and oxygen atoms in total. The molecule has 0 spiro atoms. The van der Waals surface area contributed by atoms with Crippen LogP contribution in [0.4, 0.5) is 0 Å². The third-order valence-electron chi connectivity index (χ3n) is 1.13. The highest BCUT2D eigenvalue weighted by molar-refractivity contribution is 7.67. The van der Waals surface area contributed by atoms with Crippen molar-refractivity contribution in [3.05, 3.63) is 18.2 Å². The molecule has 1 aromatic carbocycles. The van der Waals surface area contributed by atoms with Crippen molar-refractivity contribution >= 4 is 11.0 Å². The third-order valence-corrected chi connectivity index (χ3v) is 1.49. The molecule has 0 aliphatic carbocycles. The Kier molecular flexibility index (Phi) is 2.39. The summed E-state index contributed by atoms with van der Waals surface area (Å²) in [7, 11) is -2.99. The van der Waals surface area contributed by atoms with Crippen molar-refractivity contribution in [1.82, 2.24) is 0 Å². The van der Waals surface area contributed by atoms with Crippen LogP contribution in [0.3, 0.4) is 0 Å². The second-order valence-electron chi connectivity index (χ2n) is 1.97. The van der Waals surface area contributed by atoms with Crippen molar-refractivity contribution in [2.24, 2.45) is 0 Å². The topological polar surface area (TPSA) is 83.8 Å². The van der Waals surface area contributed by atoms with Gasteiger partial charge in [-0.1, -0.05) is 0 Å². The maximum absolute atomic E-state index is 10.0. The van der Waals surface area contributed by atoms with Gasteiger partial charge in [-0.25, -0.2) is 0 Å². The molecule has 0 fully saturated rings. The van der Waals surface area contributed by atoms with Crippen LogP contribution in [0.2, 0.25) is 0 Å². The van der Waals surface area contributed by atoms with E-state index >= 15 is 0 Å². The summed E-state index contributed by atoms with van der Waals surface area (Å²) in [5.74, 6) is -0.797. The van der Waals surface area contributed by atoms with Gasteiger partial charge >= 0.3 is 0 Å². The molecule has 0 saturated heterocycles. The minimum absolute atomic E-state index is 0.0404. The van der Waals surface area contributed by atoms with Gasteiger partial charge in [0.15, 0.2) is 11.5 Å². The monoisotopic (exact) mass is 190 g/mol. The zero-order valence-electron chi connectivity index (χ0n) is 5.80. The summed E-state index contributed by atoms with van der Waals surface area (Å²) in [5.41, 5.74) is 0. The first-order valence-corrected chi connectivity index (χ1v) is 4.03. The van der Waals surface area contributed by atoms with E-state index in [2.05, 4.69) is 4.18 Å². The zero-order valence-corrected chi connectivity index (χ0v) is 6.69. The van der Waals surface area contributed by atoms with Gasteiger partial charge in [-0.05, 0) is 12.1 Å². The van der Waals surface area contributed by atoms with E-state index in [1.165, 1.54) is 6.07 Å². The second kappa shape index (κ2) is 3.31. The van der Waals surface area contributed by atoms with Crippen LogP contribution in [-0.2, 0) is 11.0 Å². The second-order valence-corrected chi connectivity index (χ2v) is 2.60. The van der Waals surface area contributed by atoms with Gasteiger partial charge in [-0.3, -0.25) is 0 Å². The van der Waals surface area contributed by atoms with Crippen LogP contribution in [0.5, 0.6) is 17.2 Å². The molecule has 0 bridgehead atoms. The number of aromatic hydroxyl groups is 2. The van der Waals surface area contributed by atoms with E-state index in [1.54, 1.807) is 0 Å². The first-order chi connectivity index (χ1) is 5.59. The Hall–Kier alpha value is -1.43. The van der Waals surface area contributed by atoms with E-state index in [0.29, 0.717) is 0 Å². The smallest absolute Gasteiger partial charge is 0.299 e. The fraction of sp³-hybridized carbons (Fsp3) is 0.